The van der Waals surface area contributed by atoms with E-state index in [-0.39, 0.29) is 36.4 Å². The Hall–Kier alpha value is -1.40. The molecule has 2 fully saturated rings. The molecule has 2 saturated heterocycles. The molecular weight excluding hydrogens is 378 g/mol. The molecule has 27 heavy (non-hydrogen) atoms. The monoisotopic (exact) mass is 405 g/mol. The van der Waals surface area contributed by atoms with Gasteiger partial charge >= 0.3 is 0 Å². The summed E-state index contributed by atoms with van der Waals surface area (Å²) in [4.78, 5) is 18.9. The van der Waals surface area contributed by atoms with Crippen molar-refractivity contribution in [3.63, 3.8) is 0 Å². The summed E-state index contributed by atoms with van der Waals surface area (Å²) in [6.45, 7) is 4.56. The van der Waals surface area contributed by atoms with Crippen LogP contribution >= 0.6 is 23.7 Å². The molecule has 6 heteroatoms. The van der Waals surface area contributed by atoms with Gasteiger partial charge in [0.05, 0.1) is 12.1 Å². The summed E-state index contributed by atoms with van der Waals surface area (Å²) in [5.74, 6) is 0.555. The summed E-state index contributed by atoms with van der Waals surface area (Å²) >= 11 is 1.76. The molecule has 2 aliphatic rings. The molecule has 0 bridgehead atoms. The van der Waals surface area contributed by atoms with Gasteiger partial charge < -0.3 is 10.6 Å². The van der Waals surface area contributed by atoms with Crippen LogP contribution in [0.15, 0.2) is 47.8 Å². The average Bonchev–Trinajstić information content (AvgIpc) is 3.40. The number of benzene rings is 1. The van der Waals surface area contributed by atoms with Crippen molar-refractivity contribution in [2.24, 2.45) is 5.73 Å². The third-order valence-electron chi connectivity index (χ3n) is 5.93. The zero-order chi connectivity index (χ0) is 18.1. The van der Waals surface area contributed by atoms with Gasteiger partial charge in [-0.2, -0.15) is 0 Å². The minimum absolute atomic E-state index is 0. The second-order valence-electron chi connectivity index (χ2n) is 7.52. The molecule has 4 rings (SSSR count). The van der Waals surface area contributed by atoms with Crippen LogP contribution in [0.2, 0.25) is 0 Å². The molecule has 1 amide bonds. The van der Waals surface area contributed by atoms with Crippen molar-refractivity contribution < 1.29 is 4.79 Å². The first-order valence-corrected chi connectivity index (χ1v) is 10.4. The molecule has 2 N–H and O–H groups in total. The van der Waals surface area contributed by atoms with E-state index < -0.39 is 0 Å². The Balaban J connectivity index is 0.00000210. The van der Waals surface area contributed by atoms with Crippen molar-refractivity contribution in [1.29, 1.82) is 0 Å². The highest BCUT2D eigenvalue weighted by Crippen LogP contribution is 2.36. The topological polar surface area (TPSA) is 49.6 Å². The summed E-state index contributed by atoms with van der Waals surface area (Å²) in [6.07, 6.45) is 2.16. The number of halogens is 1. The van der Waals surface area contributed by atoms with Crippen LogP contribution in [0.3, 0.4) is 0 Å². The fourth-order valence-electron chi connectivity index (χ4n) is 4.43. The summed E-state index contributed by atoms with van der Waals surface area (Å²) in [6, 6.07) is 14.9. The van der Waals surface area contributed by atoms with Gasteiger partial charge in [-0.1, -0.05) is 36.4 Å². The number of carbonyl (C=O) groups is 1. The second kappa shape index (κ2) is 8.74. The van der Waals surface area contributed by atoms with Gasteiger partial charge in [0.1, 0.15) is 0 Å². The maximum absolute atomic E-state index is 13.2. The Morgan fingerprint density at radius 3 is 2.67 bits per heavy atom. The van der Waals surface area contributed by atoms with Gasteiger partial charge in [0.25, 0.3) is 0 Å². The smallest absolute Gasteiger partial charge is 0.240 e. The Kier molecular flexibility index (Phi) is 6.58. The van der Waals surface area contributed by atoms with Crippen LogP contribution in [0, 0.1) is 0 Å². The third kappa shape index (κ3) is 4.06. The van der Waals surface area contributed by atoms with E-state index in [2.05, 4.69) is 51.6 Å². The highest BCUT2D eigenvalue weighted by molar-refractivity contribution is 7.10. The van der Waals surface area contributed by atoms with Crippen molar-refractivity contribution >= 4 is 29.7 Å². The lowest BCUT2D eigenvalue weighted by atomic mass is 9.95. The maximum Gasteiger partial charge on any atom is 0.240 e. The number of rotatable bonds is 4. The summed E-state index contributed by atoms with van der Waals surface area (Å²) in [5.41, 5.74) is 7.71. The van der Waals surface area contributed by atoms with Crippen molar-refractivity contribution in [1.82, 2.24) is 9.80 Å². The molecule has 2 aromatic rings. The van der Waals surface area contributed by atoms with Crippen LogP contribution in [0.5, 0.6) is 0 Å². The number of hydrogen-bond acceptors (Lipinski definition) is 4. The van der Waals surface area contributed by atoms with E-state index in [0.717, 1.165) is 32.5 Å². The second-order valence-corrected chi connectivity index (χ2v) is 8.50. The number of carbonyl (C=O) groups excluding carboxylic acids is 1. The van der Waals surface area contributed by atoms with Crippen LogP contribution < -0.4 is 5.73 Å². The third-order valence-corrected chi connectivity index (χ3v) is 6.91. The first-order chi connectivity index (χ1) is 12.6. The van der Waals surface area contributed by atoms with Crippen LogP contribution in [0.1, 0.15) is 42.2 Å². The lowest BCUT2D eigenvalue weighted by Crippen LogP contribution is -2.46. The molecule has 0 radical (unpaired) electrons. The number of thiophene rings is 1. The van der Waals surface area contributed by atoms with E-state index >= 15 is 0 Å². The van der Waals surface area contributed by atoms with Gasteiger partial charge in [-0.05, 0) is 36.8 Å². The van der Waals surface area contributed by atoms with E-state index in [4.69, 9.17) is 5.73 Å². The summed E-state index contributed by atoms with van der Waals surface area (Å²) < 4.78 is 0. The highest BCUT2D eigenvalue weighted by atomic mass is 35.5. The van der Waals surface area contributed by atoms with Gasteiger partial charge in [0.2, 0.25) is 5.91 Å². The molecule has 0 aliphatic carbocycles. The van der Waals surface area contributed by atoms with Crippen LogP contribution in [-0.4, -0.2) is 47.4 Å². The molecule has 1 aromatic heterocycles. The van der Waals surface area contributed by atoms with Gasteiger partial charge in [-0.25, -0.2) is 0 Å². The number of hydrogen-bond donors (Lipinski definition) is 1. The zero-order valence-electron chi connectivity index (χ0n) is 15.7. The van der Waals surface area contributed by atoms with Gasteiger partial charge in [-0.15, -0.1) is 23.7 Å². The van der Waals surface area contributed by atoms with Crippen molar-refractivity contribution in [2.75, 3.05) is 19.6 Å². The minimum Gasteiger partial charge on any atom is -0.333 e. The largest absolute Gasteiger partial charge is 0.333 e. The predicted octanol–water partition coefficient (Wildman–Crippen LogP) is 3.65. The molecule has 4 atom stereocenters. The van der Waals surface area contributed by atoms with Gasteiger partial charge in [0.15, 0.2) is 0 Å². The minimum atomic E-state index is -0.115. The molecule has 4 nitrogen and oxygen atoms in total. The average molecular weight is 406 g/mol. The number of likely N-dealkylation sites (tertiary alicyclic amines) is 2. The fourth-order valence-corrected chi connectivity index (χ4v) is 5.31. The molecule has 2 aliphatic heterocycles. The highest BCUT2D eigenvalue weighted by Gasteiger charge is 2.39. The Morgan fingerprint density at radius 2 is 1.96 bits per heavy atom. The van der Waals surface area contributed by atoms with E-state index in [9.17, 15) is 4.79 Å². The normalized spacial score (nSPS) is 26.7. The van der Waals surface area contributed by atoms with Crippen LogP contribution in [-0.2, 0) is 4.79 Å². The number of nitrogens with two attached hydrogens (primary N) is 1. The first-order valence-electron chi connectivity index (χ1n) is 9.53. The van der Waals surface area contributed by atoms with Gasteiger partial charge in [0, 0.05) is 36.5 Å². The molecule has 2 unspecified atom stereocenters. The first kappa shape index (κ1) is 20.3. The standard InChI is InChI=1S/C21H27N3OS.ClH/c1-15(21(25)24-11-5-9-19(24)20-10-6-12-26-20)23-13-17(18(22)14-23)16-7-3-2-4-8-16;/h2-4,6-8,10,12,15,17-19H,5,9,11,13-14,22H2,1H3;1H/t15?,17-,18+,19?;/m0./s1. The lowest BCUT2D eigenvalue weighted by Gasteiger charge is -2.31. The van der Waals surface area contributed by atoms with Crippen LogP contribution in [0.4, 0.5) is 0 Å². The quantitative estimate of drug-likeness (QED) is 0.844. The zero-order valence-corrected chi connectivity index (χ0v) is 17.3. The Labute approximate surface area is 171 Å². The van der Waals surface area contributed by atoms with E-state index in [1.165, 1.54) is 10.4 Å². The van der Waals surface area contributed by atoms with Crippen molar-refractivity contribution in [3.05, 3.63) is 58.3 Å². The Bertz CT molecular complexity index is 739. The molecule has 0 spiro atoms. The van der Waals surface area contributed by atoms with Gasteiger partial charge in [-0.3, -0.25) is 9.69 Å². The van der Waals surface area contributed by atoms with Crippen molar-refractivity contribution in [2.45, 2.75) is 43.8 Å². The number of nitrogens with zero attached hydrogens (tertiary/aromatic N) is 2. The van der Waals surface area contributed by atoms with E-state index in [0.29, 0.717) is 5.92 Å². The lowest BCUT2D eigenvalue weighted by molar-refractivity contribution is -0.137. The molecule has 0 saturated carbocycles. The number of amides is 1. The molecule has 1 aromatic carbocycles. The fraction of sp³-hybridized carbons (Fsp3) is 0.476. The van der Waals surface area contributed by atoms with E-state index in [1.807, 2.05) is 13.0 Å². The predicted molar refractivity (Wildman–Crippen MR) is 113 cm³/mol. The van der Waals surface area contributed by atoms with E-state index in [1.54, 1.807) is 11.3 Å². The van der Waals surface area contributed by atoms with Crippen LogP contribution in [0.25, 0.3) is 0 Å². The molecular formula is C21H28ClN3OS. The molecule has 146 valence electrons. The molecule has 3 heterocycles. The maximum atomic E-state index is 13.2. The SMILES string of the molecule is CC(C(=O)N1CCCC1c1cccs1)N1C[C@@H](N)[C@H](c2ccccc2)C1.Cl. The Morgan fingerprint density at radius 1 is 1.19 bits per heavy atom. The summed E-state index contributed by atoms with van der Waals surface area (Å²) in [7, 11) is 0. The van der Waals surface area contributed by atoms with Crippen molar-refractivity contribution in [3.8, 4) is 0 Å². The summed E-state index contributed by atoms with van der Waals surface area (Å²) in [5, 5.41) is 2.10.